The first-order valence-electron chi connectivity index (χ1n) is 9.02. The Labute approximate surface area is 155 Å². The summed E-state index contributed by atoms with van der Waals surface area (Å²) in [6, 6.07) is 7.06. The number of nitrogens with one attached hydrogen (secondary N) is 2. The van der Waals surface area contributed by atoms with Crippen LogP contribution in [-0.4, -0.2) is 37.1 Å². The summed E-state index contributed by atoms with van der Waals surface area (Å²) in [5.41, 5.74) is 3.80. The number of likely N-dealkylation sites (N-methyl/N-ethyl adjacent to an activating group) is 1. The average molecular weight is 615 g/mol. The van der Waals surface area contributed by atoms with Gasteiger partial charge in [-0.2, -0.15) is 6.41 Å². The van der Waals surface area contributed by atoms with Gasteiger partial charge in [-0.05, 0) is 48.4 Å². The molecule has 154 valence electrons. The van der Waals surface area contributed by atoms with Gasteiger partial charge in [0, 0.05) is 24.5 Å². The monoisotopic (exact) mass is 615 g/mol. The predicted molar refractivity (Wildman–Crippen MR) is 102 cm³/mol. The van der Waals surface area contributed by atoms with Crippen LogP contribution >= 0.6 is 0 Å². The second-order valence-electron chi connectivity index (χ2n) is 6.97. The summed E-state index contributed by atoms with van der Waals surface area (Å²) in [5.74, 6) is 0.127. The quantitative estimate of drug-likeness (QED) is 0.293. The molecule has 1 aromatic carbocycles. The Balaban J connectivity index is 0.00000364. The molecule has 0 bridgehead atoms. The van der Waals surface area contributed by atoms with E-state index in [0.717, 1.165) is 36.2 Å². The third kappa shape index (κ3) is 5.31. The molecule has 1 unspecified atom stereocenters. The van der Waals surface area contributed by atoms with Gasteiger partial charge in [-0.25, -0.2) is 0 Å². The molecule has 6 nitrogen and oxygen atoms in total. The molecule has 0 aliphatic heterocycles. The average Bonchev–Trinajstić information content (AvgIpc) is 2.60. The molecule has 0 spiro atoms. The van der Waals surface area contributed by atoms with Gasteiger partial charge in [0.25, 0.3) is 0 Å². The normalized spacial score (nSPS) is 13.9. The molecule has 3 N–H and O–H groups in total. The van der Waals surface area contributed by atoms with Crippen LogP contribution in [0.1, 0.15) is 38.7 Å². The zero-order valence-corrected chi connectivity index (χ0v) is 18.4. The molecule has 2 amide bonds. The number of aliphatic hydroxyl groups excluding tert-OH is 1. The van der Waals surface area contributed by atoms with Crippen molar-refractivity contribution in [3.05, 3.63) is 41.1 Å². The summed E-state index contributed by atoms with van der Waals surface area (Å²) in [6.07, 6.45) is 4.93. The number of carbonyl (C=O) groups excluding carboxylic acids is 2. The van der Waals surface area contributed by atoms with Crippen LogP contribution in [0.3, 0.4) is 0 Å². The number of nitrogens with zero attached hydrogens (tertiary/aromatic N) is 1. The summed E-state index contributed by atoms with van der Waals surface area (Å²) in [4.78, 5) is 25.0. The second kappa shape index (κ2) is 9.97. The van der Waals surface area contributed by atoms with Crippen molar-refractivity contribution in [1.29, 1.82) is 0 Å². The molecule has 0 aromatic heterocycles. The van der Waals surface area contributed by atoms with E-state index in [1.165, 1.54) is 5.57 Å². The number of allylic oxidation sites excluding steroid dienone is 1. The fourth-order valence-corrected chi connectivity index (χ4v) is 2.97. The number of amides is 2. The van der Waals surface area contributed by atoms with Crippen molar-refractivity contribution in [2.75, 3.05) is 18.5 Å². The van der Waals surface area contributed by atoms with Gasteiger partial charge in [-0.3, -0.25) is 4.79 Å². The topological polar surface area (TPSA) is 81.7 Å². The molecule has 0 radical (unpaired) electrons. The van der Waals surface area contributed by atoms with Crippen molar-refractivity contribution < 1.29 is 14.7 Å². The van der Waals surface area contributed by atoms with Gasteiger partial charge in [0.15, 0.2) is 0 Å². The number of anilines is 1. The molecular weight excluding hydrogens is 587 g/mol. The minimum Gasteiger partial charge on any atom is -0.522 e. The van der Waals surface area contributed by atoms with Crippen LogP contribution in [0.15, 0.2) is 35.5 Å². The SMILES string of the molecule is CC(C)C(N[C-]=O)C(NCC(=O)N(C)c1ccc(CO)cc1)=C1CCC1.[Fm]. The Morgan fingerprint density at radius 1 is 1.26 bits per heavy atom. The molecule has 1 saturated carbocycles. The van der Waals surface area contributed by atoms with E-state index in [-0.39, 0.29) is 31.0 Å². The van der Waals surface area contributed by atoms with E-state index in [2.05, 4.69) is 10.6 Å². The van der Waals surface area contributed by atoms with Gasteiger partial charge in [-0.15, -0.1) is 0 Å². The molecule has 1 atom stereocenters. The molecule has 0 saturated heterocycles. The van der Waals surface area contributed by atoms with Gasteiger partial charge >= 0.3 is 0 Å². The molecule has 1 aliphatic carbocycles. The van der Waals surface area contributed by atoms with E-state index in [0.29, 0.717) is 0 Å². The van der Waals surface area contributed by atoms with Gasteiger partial charge < -0.3 is 25.4 Å². The molecule has 0 heterocycles. The summed E-state index contributed by atoms with van der Waals surface area (Å²) < 4.78 is 0. The summed E-state index contributed by atoms with van der Waals surface area (Å²) in [6.45, 7) is 4.20. The zero-order chi connectivity index (χ0) is 19.1. The number of hydrogen-bond donors (Lipinski definition) is 3. The zero-order valence-electron chi connectivity index (χ0n) is 16.0. The van der Waals surface area contributed by atoms with Gasteiger partial charge in [-0.1, -0.05) is 26.0 Å². The fourth-order valence-electron chi connectivity index (χ4n) is 2.97. The van der Waals surface area contributed by atoms with Crippen molar-refractivity contribution >= 4 is 18.0 Å². The van der Waals surface area contributed by atoms with E-state index in [9.17, 15) is 9.59 Å². The van der Waals surface area contributed by atoms with Crippen molar-refractivity contribution in [1.82, 2.24) is 10.6 Å². The predicted octanol–water partition coefficient (Wildman–Crippen LogP) is 1.85. The largest absolute Gasteiger partial charge is 0.522 e. The van der Waals surface area contributed by atoms with Crippen molar-refractivity contribution in [2.45, 2.75) is 45.8 Å². The summed E-state index contributed by atoms with van der Waals surface area (Å²) in [5, 5.41) is 15.1. The van der Waals surface area contributed by atoms with Crippen molar-refractivity contribution in [2.24, 2.45) is 5.92 Å². The molecular formula is C20H28FmN3O3-. The van der Waals surface area contributed by atoms with E-state index in [1.54, 1.807) is 30.5 Å². The Kier molecular flexibility index (Phi) is 8.01. The van der Waals surface area contributed by atoms with Crippen LogP contribution in [0.5, 0.6) is 0 Å². The van der Waals surface area contributed by atoms with E-state index < -0.39 is 0 Å². The molecule has 1 fully saturated rings. The third-order valence-electron chi connectivity index (χ3n) is 4.84. The summed E-state index contributed by atoms with van der Waals surface area (Å²) >= 11 is 0. The Morgan fingerprint density at radius 2 is 1.89 bits per heavy atom. The van der Waals surface area contributed by atoms with Gasteiger partial charge in [0.1, 0.15) is 0 Å². The van der Waals surface area contributed by atoms with Crippen LogP contribution < -0.4 is 15.5 Å². The van der Waals surface area contributed by atoms with Crippen LogP contribution in [0.2, 0.25) is 0 Å². The van der Waals surface area contributed by atoms with Gasteiger partial charge in [0.2, 0.25) is 5.91 Å². The minimum absolute atomic E-state index is 0. The smallest absolute Gasteiger partial charge is 0.246 e. The molecule has 27 heavy (non-hydrogen) atoms. The van der Waals surface area contributed by atoms with Crippen LogP contribution in [-0.2, 0) is 16.2 Å². The number of carbonyl (C=O) groups is 1. The first-order valence-corrected chi connectivity index (χ1v) is 9.02. The molecule has 1 aliphatic rings. The standard InChI is InChI=1S/C20H28N3O3.Fm/c1-14(2)19(22-13-25)20(16-5-4-6-16)21-11-18(26)23(3)17-9-7-15(12-24)8-10-17;/h7-10,14,19,21,24H,4-6,11-12H2,1-3H3,(H,22,25);/q-1;. The van der Waals surface area contributed by atoms with Crippen molar-refractivity contribution in [3.63, 3.8) is 0 Å². The maximum Gasteiger partial charge on any atom is 0.246 e. The molecule has 1 aromatic rings. The van der Waals surface area contributed by atoms with Crippen LogP contribution in [0, 0.1) is 5.92 Å². The first-order chi connectivity index (χ1) is 12.5. The Bertz CT molecular complexity index is 653. The van der Waals surface area contributed by atoms with E-state index >= 15 is 0 Å². The van der Waals surface area contributed by atoms with Crippen LogP contribution in [0.25, 0.3) is 0 Å². The van der Waals surface area contributed by atoms with Crippen LogP contribution in [0.4, 0.5) is 5.69 Å². The van der Waals surface area contributed by atoms with Crippen molar-refractivity contribution in [3.8, 4) is 0 Å². The fraction of sp³-hybridized carbons (Fsp3) is 0.500. The van der Waals surface area contributed by atoms with E-state index in [4.69, 9.17) is 5.11 Å². The van der Waals surface area contributed by atoms with Gasteiger partial charge in [0.05, 0.1) is 13.2 Å². The minimum atomic E-state index is -0.162. The first kappa shape index (κ1) is 21.7. The van der Waals surface area contributed by atoms with E-state index in [1.807, 2.05) is 26.0 Å². The maximum absolute atomic E-state index is 12.6. The maximum atomic E-state index is 12.6. The third-order valence-corrected chi connectivity index (χ3v) is 4.84. The second-order valence-corrected chi connectivity index (χ2v) is 6.97. The Morgan fingerprint density at radius 3 is 2.33 bits per heavy atom. The Hall–Kier alpha value is -3.34. The summed E-state index contributed by atoms with van der Waals surface area (Å²) in [7, 11) is 1.73. The number of aliphatic hydroxyl groups is 1. The number of rotatable bonds is 9. The molecule has 7 heteroatoms. The number of benzene rings is 1. The molecule has 2 rings (SSSR count). The number of hydrogen-bond acceptors (Lipinski definition) is 4.